The van der Waals surface area contributed by atoms with Crippen LogP contribution in [0.1, 0.15) is 36.8 Å². The topological polar surface area (TPSA) is 69.7 Å². The summed E-state index contributed by atoms with van der Waals surface area (Å²) >= 11 is 0. The summed E-state index contributed by atoms with van der Waals surface area (Å²) in [4.78, 5) is 37.2. The SMILES string of the molecule is CCOC(=O)C1CCC(=O)C(c2cccc(OCc3ccccc3)c2)C1=O. The van der Waals surface area contributed by atoms with E-state index in [2.05, 4.69) is 0 Å². The van der Waals surface area contributed by atoms with E-state index in [1.807, 2.05) is 30.3 Å². The molecule has 2 unspecified atom stereocenters. The van der Waals surface area contributed by atoms with E-state index in [1.54, 1.807) is 31.2 Å². The molecule has 0 saturated heterocycles. The lowest BCUT2D eigenvalue weighted by atomic mass is 9.76. The first kappa shape index (κ1) is 18.8. The van der Waals surface area contributed by atoms with Crippen LogP contribution in [-0.2, 0) is 25.7 Å². The Kier molecular flexibility index (Phi) is 6.01. The van der Waals surface area contributed by atoms with Crippen LogP contribution in [0.15, 0.2) is 54.6 Å². The first-order valence-corrected chi connectivity index (χ1v) is 9.10. The van der Waals surface area contributed by atoms with Crippen LogP contribution < -0.4 is 4.74 Å². The molecule has 0 heterocycles. The predicted octanol–water partition coefficient (Wildman–Crippen LogP) is 3.46. The van der Waals surface area contributed by atoms with Crippen LogP contribution in [0.4, 0.5) is 0 Å². The molecule has 2 aromatic rings. The summed E-state index contributed by atoms with van der Waals surface area (Å²) in [5, 5.41) is 0. The van der Waals surface area contributed by atoms with Gasteiger partial charge in [-0.1, -0.05) is 42.5 Å². The van der Waals surface area contributed by atoms with Gasteiger partial charge in [-0.15, -0.1) is 0 Å². The van der Waals surface area contributed by atoms with Crippen LogP contribution in [0, 0.1) is 5.92 Å². The Balaban J connectivity index is 1.77. The van der Waals surface area contributed by atoms with Crippen LogP contribution in [0.2, 0.25) is 0 Å². The molecule has 1 aliphatic carbocycles. The predicted molar refractivity (Wildman–Crippen MR) is 99.3 cm³/mol. The number of ketones is 2. The van der Waals surface area contributed by atoms with Crippen molar-refractivity contribution in [3.05, 3.63) is 65.7 Å². The minimum absolute atomic E-state index is 0.166. The van der Waals surface area contributed by atoms with E-state index in [-0.39, 0.29) is 31.0 Å². The molecule has 2 aromatic carbocycles. The third-order valence-electron chi connectivity index (χ3n) is 4.64. The maximum Gasteiger partial charge on any atom is 0.316 e. The van der Waals surface area contributed by atoms with Crippen molar-refractivity contribution < 1.29 is 23.9 Å². The smallest absolute Gasteiger partial charge is 0.316 e. The zero-order valence-electron chi connectivity index (χ0n) is 15.2. The van der Waals surface area contributed by atoms with E-state index < -0.39 is 17.8 Å². The number of ether oxygens (including phenoxy) is 2. The fraction of sp³-hybridized carbons (Fsp3) is 0.318. The standard InChI is InChI=1S/C22H22O5/c1-2-26-22(25)18-11-12-19(23)20(21(18)24)16-9-6-10-17(13-16)27-14-15-7-4-3-5-8-15/h3-10,13,18,20H,2,11-12,14H2,1H3. The molecule has 1 saturated carbocycles. The minimum atomic E-state index is -0.937. The van der Waals surface area contributed by atoms with Crippen molar-refractivity contribution in [2.24, 2.45) is 5.92 Å². The number of Topliss-reactive ketones (excluding diaryl/α,β-unsaturated/α-hetero) is 2. The maximum absolute atomic E-state index is 12.8. The number of hydrogen-bond acceptors (Lipinski definition) is 5. The number of rotatable bonds is 6. The molecular weight excluding hydrogens is 344 g/mol. The van der Waals surface area contributed by atoms with Gasteiger partial charge in [0.1, 0.15) is 30.0 Å². The molecule has 0 amide bonds. The summed E-state index contributed by atoms with van der Waals surface area (Å²) in [6.45, 7) is 2.30. The lowest BCUT2D eigenvalue weighted by molar-refractivity contribution is -0.154. The summed E-state index contributed by atoms with van der Waals surface area (Å²) in [5.74, 6) is -2.33. The summed E-state index contributed by atoms with van der Waals surface area (Å²) in [5.41, 5.74) is 1.58. The lowest BCUT2D eigenvalue weighted by Gasteiger charge is -2.26. The number of benzene rings is 2. The van der Waals surface area contributed by atoms with Gasteiger partial charge < -0.3 is 9.47 Å². The molecular formula is C22H22O5. The first-order valence-electron chi connectivity index (χ1n) is 9.10. The zero-order valence-corrected chi connectivity index (χ0v) is 15.2. The van der Waals surface area contributed by atoms with Crippen LogP contribution >= 0.6 is 0 Å². The maximum atomic E-state index is 12.8. The highest BCUT2D eigenvalue weighted by Crippen LogP contribution is 2.33. The molecule has 2 atom stereocenters. The largest absolute Gasteiger partial charge is 0.489 e. The van der Waals surface area contributed by atoms with Crippen molar-refractivity contribution in [3.8, 4) is 5.75 Å². The Morgan fingerprint density at radius 3 is 2.59 bits per heavy atom. The summed E-state index contributed by atoms with van der Waals surface area (Å²) in [6.07, 6.45) is 0.409. The molecule has 0 radical (unpaired) electrons. The molecule has 0 N–H and O–H groups in total. The van der Waals surface area contributed by atoms with Crippen molar-refractivity contribution in [2.75, 3.05) is 6.61 Å². The van der Waals surface area contributed by atoms with E-state index in [9.17, 15) is 14.4 Å². The molecule has 1 fully saturated rings. The van der Waals surface area contributed by atoms with E-state index in [4.69, 9.17) is 9.47 Å². The van der Waals surface area contributed by atoms with Crippen LogP contribution in [0.5, 0.6) is 5.75 Å². The normalized spacial score (nSPS) is 19.6. The van der Waals surface area contributed by atoms with E-state index in [0.29, 0.717) is 17.9 Å². The van der Waals surface area contributed by atoms with Crippen LogP contribution in [0.3, 0.4) is 0 Å². The molecule has 0 aromatic heterocycles. The van der Waals surface area contributed by atoms with Gasteiger partial charge in [0.15, 0.2) is 5.78 Å². The van der Waals surface area contributed by atoms with Crippen LogP contribution in [0.25, 0.3) is 0 Å². The van der Waals surface area contributed by atoms with Gasteiger partial charge in [-0.2, -0.15) is 0 Å². The molecule has 27 heavy (non-hydrogen) atoms. The van der Waals surface area contributed by atoms with Crippen molar-refractivity contribution in [1.82, 2.24) is 0 Å². The molecule has 140 valence electrons. The van der Waals surface area contributed by atoms with E-state index in [0.717, 1.165) is 5.56 Å². The van der Waals surface area contributed by atoms with Gasteiger partial charge in [0.05, 0.1) is 6.61 Å². The third kappa shape index (κ3) is 4.42. The van der Waals surface area contributed by atoms with Gasteiger partial charge in [0.25, 0.3) is 0 Å². The molecule has 0 spiro atoms. The fourth-order valence-electron chi connectivity index (χ4n) is 3.28. The van der Waals surface area contributed by atoms with E-state index >= 15 is 0 Å². The van der Waals surface area contributed by atoms with Gasteiger partial charge in [0.2, 0.25) is 0 Å². The second-order valence-corrected chi connectivity index (χ2v) is 6.49. The monoisotopic (exact) mass is 366 g/mol. The number of carbonyl (C=O) groups is 3. The zero-order chi connectivity index (χ0) is 19.2. The number of esters is 1. The van der Waals surface area contributed by atoms with Gasteiger partial charge in [-0.05, 0) is 36.6 Å². The summed E-state index contributed by atoms with van der Waals surface area (Å²) in [6, 6.07) is 16.7. The fourth-order valence-corrected chi connectivity index (χ4v) is 3.28. The molecule has 0 bridgehead atoms. The van der Waals surface area contributed by atoms with Crippen molar-refractivity contribution in [1.29, 1.82) is 0 Å². The van der Waals surface area contributed by atoms with E-state index in [1.165, 1.54) is 0 Å². The lowest BCUT2D eigenvalue weighted by Crippen LogP contribution is -2.38. The molecule has 1 aliphatic rings. The summed E-state index contributed by atoms with van der Waals surface area (Å²) < 4.78 is 10.8. The summed E-state index contributed by atoms with van der Waals surface area (Å²) in [7, 11) is 0. The third-order valence-corrected chi connectivity index (χ3v) is 4.64. The van der Waals surface area contributed by atoms with Crippen molar-refractivity contribution >= 4 is 17.5 Å². The van der Waals surface area contributed by atoms with Gasteiger partial charge in [-0.3, -0.25) is 14.4 Å². The Bertz CT molecular complexity index is 828. The highest BCUT2D eigenvalue weighted by atomic mass is 16.5. The molecule has 5 nitrogen and oxygen atoms in total. The average Bonchev–Trinajstić information content (AvgIpc) is 2.68. The van der Waals surface area contributed by atoms with Gasteiger partial charge >= 0.3 is 5.97 Å². The molecule has 5 heteroatoms. The second-order valence-electron chi connectivity index (χ2n) is 6.49. The molecule has 0 aliphatic heterocycles. The number of hydrogen-bond donors (Lipinski definition) is 0. The Morgan fingerprint density at radius 1 is 1.07 bits per heavy atom. The van der Waals surface area contributed by atoms with Crippen molar-refractivity contribution in [2.45, 2.75) is 32.3 Å². The van der Waals surface area contributed by atoms with Crippen molar-refractivity contribution in [3.63, 3.8) is 0 Å². The first-order chi connectivity index (χ1) is 13.1. The number of carbonyl (C=O) groups excluding carboxylic acids is 3. The minimum Gasteiger partial charge on any atom is -0.489 e. The Hall–Kier alpha value is -2.95. The Morgan fingerprint density at radius 2 is 1.85 bits per heavy atom. The molecule has 3 rings (SSSR count). The van der Waals surface area contributed by atoms with Crippen LogP contribution in [-0.4, -0.2) is 24.1 Å². The van der Waals surface area contributed by atoms with Gasteiger partial charge in [-0.25, -0.2) is 0 Å². The highest BCUT2D eigenvalue weighted by Gasteiger charge is 2.42. The quantitative estimate of drug-likeness (QED) is 0.578. The average molecular weight is 366 g/mol. The Labute approximate surface area is 158 Å². The highest BCUT2D eigenvalue weighted by molar-refractivity contribution is 6.16. The second kappa shape index (κ2) is 8.62. The van der Waals surface area contributed by atoms with Gasteiger partial charge in [0, 0.05) is 6.42 Å².